The molecule has 0 heterocycles. The molecule has 14 heavy (non-hydrogen) atoms. The average Bonchev–Trinajstić information content (AvgIpc) is 2.12. The van der Waals surface area contributed by atoms with Crippen molar-refractivity contribution < 1.29 is 9.53 Å². The molecule has 0 saturated carbocycles. The lowest BCUT2D eigenvalue weighted by Crippen LogP contribution is -2.32. The predicted molar refractivity (Wildman–Crippen MR) is 61.7 cm³/mol. The lowest BCUT2D eigenvalue weighted by atomic mass is 10.1. The van der Waals surface area contributed by atoms with Crippen LogP contribution in [0.4, 0.5) is 0 Å². The summed E-state index contributed by atoms with van der Waals surface area (Å²) in [6.07, 6.45) is 1.19. The van der Waals surface area contributed by atoms with Crippen molar-refractivity contribution in [2.75, 3.05) is 18.5 Å². The molecule has 0 aliphatic heterocycles. The van der Waals surface area contributed by atoms with Gasteiger partial charge in [0.2, 0.25) is 5.91 Å². The highest BCUT2D eigenvalue weighted by atomic mass is 79.9. The van der Waals surface area contributed by atoms with E-state index in [2.05, 4.69) is 28.2 Å². The van der Waals surface area contributed by atoms with Gasteiger partial charge in [-0.3, -0.25) is 4.79 Å². The number of hydrogen-bond acceptors (Lipinski definition) is 2. The summed E-state index contributed by atoms with van der Waals surface area (Å²) in [6.45, 7) is 6.84. The molecule has 0 aromatic carbocycles. The number of halogens is 1. The maximum atomic E-state index is 11.2. The largest absolute Gasteiger partial charge is 0.369 e. The Bertz CT molecular complexity index is 162. The predicted octanol–water partition coefficient (Wildman–Crippen LogP) is 1.95. The van der Waals surface area contributed by atoms with Crippen molar-refractivity contribution in [2.24, 2.45) is 5.92 Å². The molecule has 0 radical (unpaired) electrons. The lowest BCUT2D eigenvalue weighted by Gasteiger charge is -2.12. The summed E-state index contributed by atoms with van der Waals surface area (Å²) in [4.78, 5) is 11.2. The topological polar surface area (TPSA) is 38.3 Å². The zero-order valence-corrected chi connectivity index (χ0v) is 10.8. The maximum absolute atomic E-state index is 11.2. The Morgan fingerprint density at radius 3 is 2.57 bits per heavy atom. The van der Waals surface area contributed by atoms with Crippen LogP contribution in [0.3, 0.4) is 0 Å². The monoisotopic (exact) mass is 265 g/mol. The van der Waals surface area contributed by atoms with Crippen molar-refractivity contribution in [3.05, 3.63) is 0 Å². The third kappa shape index (κ3) is 8.51. The Hall–Kier alpha value is -0.0900. The van der Waals surface area contributed by atoms with E-state index in [1.165, 1.54) is 0 Å². The third-order valence-corrected chi connectivity index (χ3v) is 2.26. The van der Waals surface area contributed by atoms with Gasteiger partial charge >= 0.3 is 0 Å². The smallest absolute Gasteiger partial charge is 0.246 e. The Labute approximate surface area is 94.7 Å². The lowest BCUT2D eigenvalue weighted by molar-refractivity contribution is -0.127. The van der Waals surface area contributed by atoms with Crippen molar-refractivity contribution >= 4 is 21.8 Å². The molecule has 84 valence electrons. The van der Waals surface area contributed by atoms with Crippen LogP contribution in [0.25, 0.3) is 0 Å². The molecule has 0 fully saturated rings. The Kier molecular flexibility index (Phi) is 8.18. The van der Waals surface area contributed by atoms with E-state index in [-0.39, 0.29) is 18.6 Å². The van der Waals surface area contributed by atoms with Gasteiger partial charge in [0.1, 0.15) is 6.61 Å². The Balaban J connectivity index is 3.43. The van der Waals surface area contributed by atoms with Gasteiger partial charge in [0, 0.05) is 11.9 Å². The van der Waals surface area contributed by atoms with Crippen LogP contribution in [0.5, 0.6) is 0 Å². The van der Waals surface area contributed by atoms with Crippen molar-refractivity contribution in [1.82, 2.24) is 5.32 Å². The minimum atomic E-state index is -0.0277. The summed E-state index contributed by atoms with van der Waals surface area (Å²) in [5, 5.41) is 3.82. The maximum Gasteiger partial charge on any atom is 0.246 e. The van der Waals surface area contributed by atoms with Crippen LogP contribution in [0.2, 0.25) is 0 Å². The van der Waals surface area contributed by atoms with Gasteiger partial charge in [-0.2, -0.15) is 0 Å². The van der Waals surface area contributed by atoms with Crippen LogP contribution < -0.4 is 5.32 Å². The van der Waals surface area contributed by atoms with Crippen LogP contribution in [0.1, 0.15) is 27.2 Å². The van der Waals surface area contributed by atoms with E-state index < -0.39 is 0 Å². The first-order valence-electron chi connectivity index (χ1n) is 5.00. The van der Waals surface area contributed by atoms with Crippen molar-refractivity contribution in [3.63, 3.8) is 0 Å². The Morgan fingerprint density at radius 2 is 2.07 bits per heavy atom. The zero-order valence-electron chi connectivity index (χ0n) is 9.18. The highest BCUT2D eigenvalue weighted by Gasteiger charge is 2.05. The molecular weight excluding hydrogens is 246 g/mol. The van der Waals surface area contributed by atoms with E-state index in [0.717, 1.165) is 18.3 Å². The van der Waals surface area contributed by atoms with Gasteiger partial charge in [0.15, 0.2) is 0 Å². The Morgan fingerprint density at radius 1 is 1.43 bits per heavy atom. The number of alkyl halides is 1. The fourth-order valence-corrected chi connectivity index (χ4v) is 1.65. The second-order valence-electron chi connectivity index (χ2n) is 3.75. The van der Waals surface area contributed by atoms with Crippen molar-refractivity contribution in [3.8, 4) is 0 Å². The average molecular weight is 266 g/mol. The highest BCUT2D eigenvalue weighted by molar-refractivity contribution is 9.09. The molecule has 1 unspecified atom stereocenters. The minimum Gasteiger partial charge on any atom is -0.369 e. The molecule has 0 bridgehead atoms. The summed E-state index contributed by atoms with van der Waals surface area (Å²) in [6, 6.07) is 0. The van der Waals surface area contributed by atoms with Crippen molar-refractivity contribution in [1.29, 1.82) is 0 Å². The number of ether oxygens (including phenoxy) is 1. The normalized spacial score (nSPS) is 12.9. The van der Waals surface area contributed by atoms with Crippen LogP contribution in [-0.4, -0.2) is 30.5 Å². The van der Waals surface area contributed by atoms with Gasteiger partial charge in [0.25, 0.3) is 0 Å². The number of nitrogens with one attached hydrogen (secondary N) is 1. The second kappa shape index (κ2) is 8.24. The number of amides is 1. The first kappa shape index (κ1) is 13.9. The number of rotatable bonds is 7. The quantitative estimate of drug-likeness (QED) is 0.715. The van der Waals surface area contributed by atoms with Gasteiger partial charge in [-0.15, -0.1) is 0 Å². The van der Waals surface area contributed by atoms with E-state index in [1.807, 2.05) is 13.8 Å². The molecule has 0 aliphatic rings. The van der Waals surface area contributed by atoms with E-state index >= 15 is 0 Å². The third-order valence-electron chi connectivity index (χ3n) is 1.80. The summed E-state index contributed by atoms with van der Waals surface area (Å²) < 4.78 is 5.17. The van der Waals surface area contributed by atoms with Crippen LogP contribution in [0, 0.1) is 5.92 Å². The number of carbonyl (C=O) groups excluding carboxylic acids is 1. The van der Waals surface area contributed by atoms with E-state index in [0.29, 0.717) is 5.92 Å². The van der Waals surface area contributed by atoms with Gasteiger partial charge in [-0.1, -0.05) is 22.9 Å². The SMILES string of the molecule is CC(CCBr)CNC(=O)COC(C)C. The molecule has 1 amide bonds. The van der Waals surface area contributed by atoms with Gasteiger partial charge in [-0.05, 0) is 26.2 Å². The molecule has 1 atom stereocenters. The summed E-state index contributed by atoms with van der Waals surface area (Å²) in [7, 11) is 0. The van der Waals surface area contributed by atoms with E-state index in [1.54, 1.807) is 0 Å². The molecule has 4 heteroatoms. The molecular formula is C10H20BrNO2. The molecule has 0 aliphatic carbocycles. The van der Waals surface area contributed by atoms with Gasteiger partial charge in [-0.25, -0.2) is 0 Å². The standard InChI is InChI=1S/C10H20BrNO2/c1-8(2)14-7-10(13)12-6-9(3)4-5-11/h8-9H,4-7H2,1-3H3,(H,12,13). The molecule has 1 N–H and O–H groups in total. The molecule has 0 aromatic heterocycles. The van der Waals surface area contributed by atoms with Crippen LogP contribution >= 0.6 is 15.9 Å². The van der Waals surface area contributed by atoms with Gasteiger partial charge < -0.3 is 10.1 Å². The van der Waals surface area contributed by atoms with E-state index in [4.69, 9.17) is 4.74 Å². The molecule has 0 spiro atoms. The zero-order chi connectivity index (χ0) is 11.0. The van der Waals surface area contributed by atoms with Crippen molar-refractivity contribution in [2.45, 2.75) is 33.3 Å². The fraction of sp³-hybridized carbons (Fsp3) is 0.900. The summed E-state index contributed by atoms with van der Waals surface area (Å²) in [5.74, 6) is 0.484. The number of hydrogen-bond donors (Lipinski definition) is 1. The minimum absolute atomic E-state index is 0.0277. The number of carbonyl (C=O) groups is 1. The van der Waals surface area contributed by atoms with Crippen LogP contribution in [-0.2, 0) is 9.53 Å². The first-order chi connectivity index (χ1) is 6.56. The summed E-state index contributed by atoms with van der Waals surface area (Å²) >= 11 is 3.37. The first-order valence-corrected chi connectivity index (χ1v) is 6.12. The second-order valence-corrected chi connectivity index (χ2v) is 4.54. The molecule has 3 nitrogen and oxygen atoms in total. The summed E-state index contributed by atoms with van der Waals surface area (Å²) in [5.41, 5.74) is 0. The van der Waals surface area contributed by atoms with E-state index in [9.17, 15) is 4.79 Å². The molecule has 0 aromatic rings. The van der Waals surface area contributed by atoms with Gasteiger partial charge in [0.05, 0.1) is 6.10 Å². The molecule has 0 saturated heterocycles. The highest BCUT2D eigenvalue weighted by Crippen LogP contribution is 2.02. The van der Waals surface area contributed by atoms with Crippen LogP contribution in [0.15, 0.2) is 0 Å². The molecule has 0 rings (SSSR count). The fourth-order valence-electron chi connectivity index (χ4n) is 0.870.